The average molecular weight is 1040 g/mol. The normalized spacial score (nSPS) is 16.3. The largest absolute Gasteiger partial charge is 0.493 e. The van der Waals surface area contributed by atoms with E-state index in [1.54, 1.807) is 0 Å². The van der Waals surface area contributed by atoms with Crippen molar-refractivity contribution in [2.45, 2.75) is 25.2 Å². The standard InChI is InChI=1S/C42H23F12N9O8S/c1-66-25-12-13(26(67-2)20(44)19(25)43)34-57-38-16-17(30(71-6)24(48)23(47)29(16)70-5)39-58-35-18-11(10(72-31(18)42(52,53)54)7-9(40(64)65)41(49,50)51)32-55-36-14-15(28(69-4)22(46)21(45)27(14)68-3)37(62(36)59-63(38)39)56-33(12)61(34)8-60(32)35/h7,37,59H,8H2,1-6H3/p+2. The van der Waals surface area contributed by atoms with Gasteiger partial charge in [0.2, 0.25) is 41.1 Å². The van der Waals surface area contributed by atoms with Gasteiger partial charge in [-0.1, -0.05) is 5.53 Å². The molecule has 9 heterocycles. The van der Waals surface area contributed by atoms with Crippen LogP contribution in [0.3, 0.4) is 0 Å². The molecule has 0 amide bonds. The van der Waals surface area contributed by atoms with E-state index >= 15 is 39.5 Å². The maximum absolute atomic E-state index is 16.4. The van der Waals surface area contributed by atoms with E-state index in [0.29, 0.717) is 0 Å². The number of nitrogens with zero attached hydrogens (tertiary/aromatic N) is 7. The molecule has 6 aliphatic rings. The van der Waals surface area contributed by atoms with Crippen molar-refractivity contribution in [2.75, 3.05) is 48.0 Å². The molecule has 17 nitrogen and oxygen atoms in total. The molecule has 0 saturated carbocycles. The molecular formula is C42H25F12N9O8S+2. The first kappa shape index (κ1) is 46.2. The number of fused-ring (bicyclic) bond motifs is 4. The molecular weight excluding hydrogens is 1020 g/mol. The van der Waals surface area contributed by atoms with E-state index in [1.165, 1.54) is 0 Å². The Labute approximate surface area is 394 Å². The zero-order valence-corrected chi connectivity index (χ0v) is 37.6. The van der Waals surface area contributed by atoms with Gasteiger partial charge in [0.15, 0.2) is 40.0 Å². The highest BCUT2D eigenvalue weighted by atomic mass is 32.1. The summed E-state index contributed by atoms with van der Waals surface area (Å²) in [6.07, 6.45) is -13.2. The van der Waals surface area contributed by atoms with Crippen molar-refractivity contribution in [1.29, 1.82) is 0 Å². The molecule has 3 aromatic carbocycles. The number of rotatable bonds is 8. The number of ether oxygens (including phenoxy) is 6. The van der Waals surface area contributed by atoms with E-state index in [0.717, 1.165) is 61.2 Å². The lowest BCUT2D eigenvalue weighted by molar-refractivity contribution is -0.786. The Bertz CT molecular complexity index is 3850. The van der Waals surface area contributed by atoms with Crippen molar-refractivity contribution in [1.82, 2.24) is 14.7 Å². The first-order valence-electron chi connectivity index (χ1n) is 20.2. The van der Waals surface area contributed by atoms with Crippen LogP contribution in [0, 0.1) is 34.9 Å². The van der Waals surface area contributed by atoms with Gasteiger partial charge in [0.25, 0.3) is 17.1 Å². The van der Waals surface area contributed by atoms with E-state index in [9.17, 15) is 23.1 Å². The van der Waals surface area contributed by atoms with Crippen LogP contribution < -0.4 is 50.2 Å². The van der Waals surface area contributed by atoms with Crippen LogP contribution >= 0.6 is 11.3 Å². The van der Waals surface area contributed by atoms with Crippen molar-refractivity contribution in [3.63, 3.8) is 0 Å². The lowest BCUT2D eigenvalue weighted by Crippen LogP contribution is -2.48. The van der Waals surface area contributed by atoms with Crippen molar-refractivity contribution >= 4 is 74.1 Å². The van der Waals surface area contributed by atoms with Crippen LogP contribution in [0.25, 0.3) is 27.6 Å². The van der Waals surface area contributed by atoms with Crippen molar-refractivity contribution < 1.29 is 100 Å². The molecule has 1 atom stereocenters. The third kappa shape index (κ3) is 5.73. The molecule has 12 rings (SSSR count). The fourth-order valence-electron chi connectivity index (χ4n) is 9.59. The Morgan fingerprint density at radius 3 is 1.74 bits per heavy atom. The molecule has 3 aromatic heterocycles. The second kappa shape index (κ2) is 15.2. The van der Waals surface area contributed by atoms with Gasteiger partial charge < -0.3 is 38.8 Å². The number of methoxy groups -OCH3 is 6. The number of amidine groups is 3. The molecule has 0 spiro atoms. The number of aromatic nitrogens is 2. The van der Waals surface area contributed by atoms with Crippen LogP contribution in [0.5, 0.6) is 34.5 Å². The molecule has 0 radical (unpaired) electrons. The molecule has 6 aliphatic heterocycles. The molecule has 0 fully saturated rings. The second-order valence-electron chi connectivity index (χ2n) is 15.8. The molecule has 12 bridgehead atoms. The number of hydrazone groups is 2. The molecule has 6 aromatic rings. The number of thiophene rings is 1. The molecule has 0 aliphatic carbocycles. The number of nitrogens with one attached hydrogen (secondary N) is 2. The predicted octanol–water partition coefficient (Wildman–Crippen LogP) is 6.53. The summed E-state index contributed by atoms with van der Waals surface area (Å²) in [5, 5.41) is 9.92. The van der Waals surface area contributed by atoms with E-state index < -0.39 is 200 Å². The van der Waals surface area contributed by atoms with Gasteiger partial charge in [-0.3, -0.25) is 9.13 Å². The molecule has 72 heavy (non-hydrogen) atoms. The van der Waals surface area contributed by atoms with Crippen LogP contribution in [0.4, 0.5) is 64.3 Å². The Balaban J connectivity index is 1.52. The highest BCUT2D eigenvalue weighted by molar-refractivity contribution is 7.14. The molecule has 374 valence electrons. The topological polar surface area (TPSA) is 170 Å². The van der Waals surface area contributed by atoms with Crippen molar-refractivity contribution in [3.8, 4) is 34.5 Å². The lowest BCUT2D eigenvalue weighted by Gasteiger charge is -2.23. The third-order valence-electron chi connectivity index (χ3n) is 12.4. The quantitative estimate of drug-likeness (QED) is 0.0866. The SMILES string of the molecule is COc1c(F)c(F)c(OC)c2c1C1=Nc3c4c(OC)c(F)c(F)c(OC)c4c4n3Cn3c5c6c(C=C(C(=O)O)C(F)(F)F)sc(C(F)(F)F)c6c3=NC2=[N+]1N[N+]1=C(N=5)c2c(OC)c(F)c(F)c(OC)c2C1N4. The number of benzene rings is 3. The van der Waals surface area contributed by atoms with Crippen molar-refractivity contribution in [3.05, 3.63) is 83.5 Å². The van der Waals surface area contributed by atoms with E-state index in [1.807, 2.05) is 0 Å². The number of carboxylic acids is 1. The van der Waals surface area contributed by atoms with Crippen LogP contribution in [0.15, 0.2) is 20.6 Å². The fraction of sp³-hybridized carbons (Fsp3) is 0.238. The summed E-state index contributed by atoms with van der Waals surface area (Å²) in [5.74, 6) is -21.6. The van der Waals surface area contributed by atoms with E-state index in [2.05, 4.69) is 15.8 Å². The van der Waals surface area contributed by atoms with Crippen LogP contribution in [-0.2, 0) is 17.6 Å². The number of carboxylic acid groups (broad SMARTS) is 1. The minimum Gasteiger partial charge on any atom is -0.493 e. The van der Waals surface area contributed by atoms with Gasteiger partial charge in [0, 0.05) is 10.3 Å². The summed E-state index contributed by atoms with van der Waals surface area (Å²) in [5.41, 5.74) is -3.45. The fourth-order valence-corrected chi connectivity index (χ4v) is 10.7. The molecule has 3 N–H and O–H groups in total. The first-order valence-corrected chi connectivity index (χ1v) is 21.0. The minimum absolute atomic E-state index is 0.0761. The van der Waals surface area contributed by atoms with Gasteiger partial charge in [-0.15, -0.1) is 16.0 Å². The van der Waals surface area contributed by atoms with Gasteiger partial charge in [0.1, 0.15) is 45.0 Å². The van der Waals surface area contributed by atoms with E-state index in [4.69, 9.17) is 38.4 Å². The number of anilines is 1. The monoisotopic (exact) mass is 1040 g/mol. The van der Waals surface area contributed by atoms with Gasteiger partial charge in [-0.2, -0.15) is 57.7 Å². The minimum atomic E-state index is -5.70. The highest BCUT2D eigenvalue weighted by Crippen LogP contribution is 2.54. The number of alkyl halides is 6. The van der Waals surface area contributed by atoms with E-state index in [-0.39, 0.29) is 17.4 Å². The van der Waals surface area contributed by atoms with Gasteiger partial charge >= 0.3 is 30.0 Å². The summed E-state index contributed by atoms with van der Waals surface area (Å²) in [6, 6.07) is 0. The molecule has 1 unspecified atom stereocenters. The first-order chi connectivity index (χ1) is 34.1. The Kier molecular flexibility index (Phi) is 9.73. The number of aliphatic imine (C=N–C) groups is 1. The second-order valence-corrected chi connectivity index (χ2v) is 16.8. The zero-order valence-electron chi connectivity index (χ0n) is 36.7. The predicted molar refractivity (Wildman–Crippen MR) is 223 cm³/mol. The molecule has 30 heteroatoms. The van der Waals surface area contributed by atoms with Crippen LogP contribution in [0.2, 0.25) is 0 Å². The number of aliphatic carboxylic acids is 1. The number of hydrogen-bond acceptors (Lipinski definition) is 13. The molecule has 0 saturated heterocycles. The number of hydrogen-bond donors (Lipinski definition) is 3. The summed E-state index contributed by atoms with van der Waals surface area (Å²) < 4.78 is 225. The Morgan fingerprint density at radius 2 is 1.18 bits per heavy atom. The number of hydrazine groups is 2. The van der Waals surface area contributed by atoms with Gasteiger partial charge in [-0.25, -0.2) is 4.79 Å². The van der Waals surface area contributed by atoms with Gasteiger partial charge in [-0.05, 0) is 20.7 Å². The summed E-state index contributed by atoms with van der Waals surface area (Å²) in [7, 11) is 5.46. The van der Waals surface area contributed by atoms with Crippen LogP contribution in [0.1, 0.15) is 38.2 Å². The summed E-state index contributed by atoms with van der Waals surface area (Å²) in [4.78, 5) is 23.6. The smallest absolute Gasteiger partial charge is 0.426 e. The maximum atomic E-state index is 16.4. The zero-order chi connectivity index (χ0) is 51.7. The lowest BCUT2D eigenvalue weighted by atomic mass is 10.0. The Hall–Kier alpha value is -8.18. The number of halogens is 12. The number of carbonyl (C=O) groups is 1. The van der Waals surface area contributed by atoms with Crippen LogP contribution in [-0.4, -0.2) is 95.9 Å². The summed E-state index contributed by atoms with van der Waals surface area (Å²) in [6.45, 7) is -0.997. The average Bonchev–Trinajstić information content (AvgIpc) is 4.07. The third-order valence-corrected chi connectivity index (χ3v) is 13.5. The Morgan fingerprint density at radius 1 is 0.667 bits per heavy atom. The maximum Gasteiger partial charge on any atom is 0.426 e. The van der Waals surface area contributed by atoms with Gasteiger partial charge in [0.05, 0.1) is 59.0 Å². The van der Waals surface area contributed by atoms with Crippen molar-refractivity contribution in [2.24, 2.45) is 15.0 Å². The highest BCUT2D eigenvalue weighted by Gasteiger charge is 2.55. The summed E-state index contributed by atoms with van der Waals surface area (Å²) >= 11 is -0.360.